The number of anilines is 1. The highest BCUT2D eigenvalue weighted by molar-refractivity contribution is 6.31. The third-order valence-corrected chi connectivity index (χ3v) is 3.18. The Morgan fingerprint density at radius 1 is 1.11 bits per heavy atom. The van der Waals surface area contributed by atoms with Crippen LogP contribution in [0.15, 0.2) is 48.5 Å². The van der Waals surface area contributed by atoms with E-state index in [1.54, 1.807) is 18.2 Å². The number of hydrogen-bond donors (Lipinski definition) is 1. The second-order valence-electron chi connectivity index (χ2n) is 4.12. The van der Waals surface area contributed by atoms with Crippen LogP contribution in [0.5, 0.6) is 0 Å². The monoisotopic (exact) mass is 263 g/mol. The van der Waals surface area contributed by atoms with Crippen LogP contribution in [0.3, 0.4) is 0 Å². The maximum atomic E-state index is 13.8. The van der Waals surface area contributed by atoms with E-state index in [1.807, 2.05) is 30.3 Å². The van der Waals surface area contributed by atoms with Gasteiger partial charge < -0.3 is 5.32 Å². The van der Waals surface area contributed by atoms with Crippen molar-refractivity contribution in [2.24, 2.45) is 0 Å². The fraction of sp³-hybridized carbons (Fsp3) is 0.200. The van der Waals surface area contributed by atoms with E-state index in [2.05, 4.69) is 12.2 Å². The maximum absolute atomic E-state index is 13.8. The third kappa shape index (κ3) is 2.82. The summed E-state index contributed by atoms with van der Waals surface area (Å²) in [5.74, 6) is -0.395. The van der Waals surface area contributed by atoms with Crippen LogP contribution in [-0.2, 0) is 0 Å². The SMILES string of the molecule is CCC(Nc1cccc(Cl)c1F)c1ccccc1. The van der Waals surface area contributed by atoms with Crippen LogP contribution in [0.2, 0.25) is 5.02 Å². The lowest BCUT2D eigenvalue weighted by Gasteiger charge is -2.19. The first-order valence-corrected chi connectivity index (χ1v) is 6.35. The van der Waals surface area contributed by atoms with E-state index >= 15 is 0 Å². The minimum atomic E-state index is -0.395. The van der Waals surface area contributed by atoms with Crippen molar-refractivity contribution in [1.82, 2.24) is 0 Å². The van der Waals surface area contributed by atoms with Gasteiger partial charge in [0.2, 0.25) is 0 Å². The van der Waals surface area contributed by atoms with Gasteiger partial charge in [0.1, 0.15) is 0 Å². The molecular weight excluding hydrogens is 249 g/mol. The highest BCUT2D eigenvalue weighted by Crippen LogP contribution is 2.27. The van der Waals surface area contributed by atoms with Gasteiger partial charge in [-0.3, -0.25) is 0 Å². The van der Waals surface area contributed by atoms with Crippen molar-refractivity contribution in [1.29, 1.82) is 0 Å². The summed E-state index contributed by atoms with van der Waals surface area (Å²) in [5, 5.41) is 3.34. The molecule has 0 radical (unpaired) electrons. The van der Waals surface area contributed by atoms with Crippen molar-refractivity contribution in [3.8, 4) is 0 Å². The minimum absolute atomic E-state index is 0.0826. The molecule has 18 heavy (non-hydrogen) atoms. The van der Waals surface area contributed by atoms with Gasteiger partial charge in [0, 0.05) is 0 Å². The molecule has 3 heteroatoms. The van der Waals surface area contributed by atoms with E-state index in [4.69, 9.17) is 11.6 Å². The third-order valence-electron chi connectivity index (χ3n) is 2.89. The van der Waals surface area contributed by atoms with E-state index in [0.29, 0.717) is 5.69 Å². The summed E-state index contributed by atoms with van der Waals surface area (Å²) in [4.78, 5) is 0. The van der Waals surface area contributed by atoms with Gasteiger partial charge in [0.15, 0.2) is 5.82 Å². The van der Waals surface area contributed by atoms with Crippen LogP contribution in [-0.4, -0.2) is 0 Å². The average Bonchev–Trinajstić information content (AvgIpc) is 2.41. The second kappa shape index (κ2) is 5.87. The van der Waals surface area contributed by atoms with Gasteiger partial charge in [-0.05, 0) is 24.1 Å². The molecule has 2 rings (SSSR count). The molecule has 0 amide bonds. The lowest BCUT2D eigenvalue weighted by atomic mass is 10.0. The molecule has 1 unspecified atom stereocenters. The van der Waals surface area contributed by atoms with Crippen molar-refractivity contribution in [2.45, 2.75) is 19.4 Å². The molecule has 0 aliphatic heterocycles. The van der Waals surface area contributed by atoms with Crippen molar-refractivity contribution in [2.75, 3.05) is 5.32 Å². The quantitative estimate of drug-likeness (QED) is 0.815. The zero-order valence-electron chi connectivity index (χ0n) is 10.2. The molecule has 2 aromatic carbocycles. The predicted molar refractivity (Wildman–Crippen MR) is 74.5 cm³/mol. The predicted octanol–water partition coefficient (Wildman–Crippen LogP) is 5.04. The largest absolute Gasteiger partial charge is 0.376 e. The maximum Gasteiger partial charge on any atom is 0.164 e. The normalized spacial score (nSPS) is 12.2. The fourth-order valence-corrected chi connectivity index (χ4v) is 2.08. The Kier molecular flexibility index (Phi) is 4.21. The summed E-state index contributed by atoms with van der Waals surface area (Å²) in [6, 6.07) is 15.1. The molecule has 0 saturated heterocycles. The first-order chi connectivity index (χ1) is 8.72. The number of benzene rings is 2. The van der Waals surface area contributed by atoms with Crippen LogP contribution < -0.4 is 5.32 Å². The van der Waals surface area contributed by atoms with Gasteiger partial charge in [0.25, 0.3) is 0 Å². The number of nitrogens with one attached hydrogen (secondary N) is 1. The van der Waals surface area contributed by atoms with Crippen molar-refractivity contribution in [3.63, 3.8) is 0 Å². The van der Waals surface area contributed by atoms with Gasteiger partial charge in [-0.15, -0.1) is 0 Å². The molecule has 0 bridgehead atoms. The van der Waals surface area contributed by atoms with Gasteiger partial charge in [0.05, 0.1) is 16.8 Å². The Bertz CT molecular complexity index is 513. The zero-order valence-corrected chi connectivity index (χ0v) is 10.9. The van der Waals surface area contributed by atoms with E-state index in [-0.39, 0.29) is 11.1 Å². The van der Waals surface area contributed by atoms with Gasteiger partial charge in [-0.1, -0.05) is 54.9 Å². The molecule has 0 aliphatic carbocycles. The van der Waals surface area contributed by atoms with Crippen molar-refractivity contribution in [3.05, 3.63) is 64.9 Å². The molecule has 2 aromatic rings. The Labute approximate surface area is 112 Å². The Morgan fingerprint density at radius 2 is 1.83 bits per heavy atom. The summed E-state index contributed by atoms with van der Waals surface area (Å²) in [6.45, 7) is 2.06. The van der Waals surface area contributed by atoms with Crippen LogP contribution in [0.4, 0.5) is 10.1 Å². The summed E-state index contributed by atoms with van der Waals surface area (Å²) in [6.07, 6.45) is 0.871. The summed E-state index contributed by atoms with van der Waals surface area (Å²) in [5.41, 5.74) is 1.58. The minimum Gasteiger partial charge on any atom is -0.376 e. The molecule has 0 fully saturated rings. The van der Waals surface area contributed by atoms with Crippen molar-refractivity contribution >= 4 is 17.3 Å². The summed E-state index contributed by atoms with van der Waals surface area (Å²) in [7, 11) is 0. The summed E-state index contributed by atoms with van der Waals surface area (Å²) >= 11 is 5.77. The lowest BCUT2D eigenvalue weighted by molar-refractivity contribution is 0.624. The molecule has 0 aliphatic rings. The standard InChI is InChI=1S/C15H15ClFN/c1-2-13(11-7-4-3-5-8-11)18-14-10-6-9-12(16)15(14)17/h3-10,13,18H,2H2,1H3. The first kappa shape index (κ1) is 12.9. The fourth-order valence-electron chi connectivity index (χ4n) is 1.91. The molecule has 1 nitrogen and oxygen atoms in total. The number of halogens is 2. The average molecular weight is 264 g/mol. The lowest BCUT2D eigenvalue weighted by Crippen LogP contribution is -2.10. The van der Waals surface area contributed by atoms with Crippen LogP contribution in [0.25, 0.3) is 0 Å². The van der Waals surface area contributed by atoms with E-state index in [0.717, 1.165) is 12.0 Å². The smallest absolute Gasteiger partial charge is 0.164 e. The van der Waals surface area contributed by atoms with Crippen LogP contribution >= 0.6 is 11.6 Å². The van der Waals surface area contributed by atoms with Crippen LogP contribution in [0.1, 0.15) is 24.9 Å². The van der Waals surface area contributed by atoms with Gasteiger partial charge in [-0.25, -0.2) is 4.39 Å². The highest BCUT2D eigenvalue weighted by atomic mass is 35.5. The second-order valence-corrected chi connectivity index (χ2v) is 4.52. The first-order valence-electron chi connectivity index (χ1n) is 5.98. The van der Waals surface area contributed by atoms with E-state index < -0.39 is 5.82 Å². The topological polar surface area (TPSA) is 12.0 Å². The molecule has 1 atom stereocenters. The zero-order chi connectivity index (χ0) is 13.0. The molecule has 94 valence electrons. The van der Waals surface area contributed by atoms with Crippen molar-refractivity contribution < 1.29 is 4.39 Å². The van der Waals surface area contributed by atoms with Gasteiger partial charge >= 0.3 is 0 Å². The number of rotatable bonds is 4. The van der Waals surface area contributed by atoms with Gasteiger partial charge in [-0.2, -0.15) is 0 Å². The molecule has 1 N–H and O–H groups in total. The molecule has 0 saturated carbocycles. The summed E-state index contributed by atoms with van der Waals surface area (Å²) < 4.78 is 13.8. The Hall–Kier alpha value is -1.54. The van der Waals surface area contributed by atoms with E-state index in [9.17, 15) is 4.39 Å². The van der Waals surface area contributed by atoms with E-state index in [1.165, 1.54) is 0 Å². The highest BCUT2D eigenvalue weighted by Gasteiger charge is 2.12. The Balaban J connectivity index is 2.24. The molecular formula is C15H15ClFN. The molecule has 0 spiro atoms. The molecule has 0 heterocycles. The number of hydrogen-bond acceptors (Lipinski definition) is 1. The van der Waals surface area contributed by atoms with Crippen LogP contribution in [0, 0.1) is 5.82 Å². The Morgan fingerprint density at radius 3 is 2.50 bits per heavy atom. The molecule has 0 aromatic heterocycles.